The second kappa shape index (κ2) is 10.0. The first kappa shape index (κ1) is 17.1. The highest BCUT2D eigenvalue weighted by Gasteiger charge is 2.14. The van der Waals surface area contributed by atoms with Crippen LogP contribution in [0, 0.1) is 0 Å². The largest absolute Gasteiger partial charge is 0.466 e. The van der Waals surface area contributed by atoms with Crippen LogP contribution in [0.3, 0.4) is 0 Å². The molecular weight excluding hydrogens is 238 g/mol. The average Bonchev–Trinajstić information content (AvgIpc) is 2.24. The molecule has 0 atom stereocenters. The number of halogens is 2. The van der Waals surface area contributed by atoms with E-state index in [1.165, 1.54) is 6.92 Å². The molecule has 18 heavy (non-hydrogen) atoms. The number of esters is 1. The van der Waals surface area contributed by atoms with E-state index in [9.17, 15) is 13.6 Å². The molecule has 0 unspecified atom stereocenters. The van der Waals surface area contributed by atoms with Gasteiger partial charge in [0.05, 0.1) is 6.61 Å². The summed E-state index contributed by atoms with van der Waals surface area (Å²) in [5.41, 5.74) is 0. The number of hydrogen-bond donors (Lipinski definition) is 0. The van der Waals surface area contributed by atoms with Crippen LogP contribution < -0.4 is 0 Å². The van der Waals surface area contributed by atoms with Crippen LogP contribution in [0.25, 0.3) is 0 Å². The lowest BCUT2D eigenvalue weighted by molar-refractivity contribution is -0.141. The molecule has 4 heteroatoms. The van der Waals surface area contributed by atoms with E-state index >= 15 is 0 Å². The molecule has 0 aromatic heterocycles. The molecule has 0 radical (unpaired) electrons. The number of hydrogen-bond acceptors (Lipinski definition) is 2. The fourth-order valence-corrected chi connectivity index (χ4v) is 1.58. The van der Waals surface area contributed by atoms with Gasteiger partial charge in [-0.1, -0.05) is 31.8 Å². The molecule has 0 rings (SSSR count). The molecule has 0 heterocycles. The topological polar surface area (TPSA) is 26.3 Å². The van der Waals surface area contributed by atoms with Crippen LogP contribution in [0.4, 0.5) is 8.78 Å². The van der Waals surface area contributed by atoms with Gasteiger partial charge >= 0.3 is 5.97 Å². The van der Waals surface area contributed by atoms with Crippen LogP contribution in [0.1, 0.15) is 58.8 Å². The average molecular weight is 262 g/mol. The SMILES string of the molecule is CC(=O)OCCCCCCCCC=CC(C)(F)F. The molecule has 0 bridgehead atoms. The molecule has 0 aliphatic rings. The molecule has 106 valence electrons. The maximum absolute atomic E-state index is 12.4. The highest BCUT2D eigenvalue weighted by molar-refractivity contribution is 5.65. The third kappa shape index (κ3) is 15.1. The predicted molar refractivity (Wildman–Crippen MR) is 68.7 cm³/mol. The molecule has 2 nitrogen and oxygen atoms in total. The molecule has 0 saturated heterocycles. The number of unbranched alkanes of at least 4 members (excludes halogenated alkanes) is 6. The van der Waals surface area contributed by atoms with Crippen LogP contribution in [-0.2, 0) is 9.53 Å². The van der Waals surface area contributed by atoms with Crippen molar-refractivity contribution in [1.29, 1.82) is 0 Å². The summed E-state index contributed by atoms with van der Waals surface area (Å²) >= 11 is 0. The smallest absolute Gasteiger partial charge is 0.302 e. The van der Waals surface area contributed by atoms with E-state index in [1.807, 2.05) is 0 Å². The molecule has 0 N–H and O–H groups in total. The van der Waals surface area contributed by atoms with Crippen molar-refractivity contribution in [1.82, 2.24) is 0 Å². The number of alkyl halides is 2. The first-order chi connectivity index (χ1) is 8.42. The van der Waals surface area contributed by atoms with Crippen molar-refractivity contribution in [2.45, 2.75) is 64.7 Å². The minimum atomic E-state index is -2.68. The van der Waals surface area contributed by atoms with Crippen LogP contribution in [0.15, 0.2) is 12.2 Å². The highest BCUT2D eigenvalue weighted by Crippen LogP contribution is 2.14. The van der Waals surface area contributed by atoms with Crippen LogP contribution in [0.2, 0.25) is 0 Å². The van der Waals surface area contributed by atoms with Gasteiger partial charge in [0.2, 0.25) is 0 Å². The molecule has 0 aromatic carbocycles. The Morgan fingerprint density at radius 2 is 1.67 bits per heavy atom. The van der Waals surface area contributed by atoms with Gasteiger partial charge in [-0.15, -0.1) is 0 Å². The molecule has 0 fully saturated rings. The minimum Gasteiger partial charge on any atom is -0.466 e. The van der Waals surface area contributed by atoms with E-state index in [0.717, 1.165) is 57.9 Å². The van der Waals surface area contributed by atoms with Crippen molar-refractivity contribution in [2.24, 2.45) is 0 Å². The summed E-state index contributed by atoms with van der Waals surface area (Å²) in [6.45, 7) is 2.81. The van der Waals surface area contributed by atoms with E-state index in [-0.39, 0.29) is 5.97 Å². The zero-order valence-electron chi connectivity index (χ0n) is 11.4. The zero-order chi connectivity index (χ0) is 13.9. The van der Waals surface area contributed by atoms with Crippen molar-refractivity contribution in [3.05, 3.63) is 12.2 Å². The van der Waals surface area contributed by atoms with Gasteiger partial charge in [0.25, 0.3) is 5.92 Å². The first-order valence-corrected chi connectivity index (χ1v) is 6.61. The number of carbonyl (C=O) groups is 1. The summed E-state index contributed by atoms with van der Waals surface area (Å²) < 4.78 is 29.6. The van der Waals surface area contributed by atoms with E-state index in [4.69, 9.17) is 4.74 Å². The molecule has 0 saturated carbocycles. The van der Waals surface area contributed by atoms with Crippen LogP contribution in [-0.4, -0.2) is 18.5 Å². The van der Waals surface area contributed by atoms with Gasteiger partial charge in [-0.3, -0.25) is 4.79 Å². The molecule has 0 amide bonds. The number of carbonyl (C=O) groups excluding carboxylic acids is 1. The Balaban J connectivity index is 3.17. The number of allylic oxidation sites excluding steroid dienone is 2. The summed E-state index contributed by atoms with van der Waals surface area (Å²) in [5, 5.41) is 0. The maximum atomic E-state index is 12.4. The Labute approximate surface area is 108 Å². The standard InChI is InChI=1S/C14H24F2O2/c1-13(17)18-12-10-8-6-4-3-5-7-9-11-14(2,15)16/h9,11H,3-8,10,12H2,1-2H3. The Morgan fingerprint density at radius 3 is 2.22 bits per heavy atom. The van der Waals surface area contributed by atoms with Crippen molar-refractivity contribution >= 4 is 5.97 Å². The van der Waals surface area contributed by atoms with E-state index in [1.54, 1.807) is 6.08 Å². The first-order valence-electron chi connectivity index (χ1n) is 6.61. The molecular formula is C14H24F2O2. The highest BCUT2D eigenvalue weighted by atomic mass is 19.3. The van der Waals surface area contributed by atoms with Crippen molar-refractivity contribution < 1.29 is 18.3 Å². The Morgan fingerprint density at radius 1 is 1.11 bits per heavy atom. The predicted octanol–water partition coefficient (Wildman–Crippen LogP) is 4.49. The Kier molecular flexibility index (Phi) is 9.52. The van der Waals surface area contributed by atoms with E-state index in [0.29, 0.717) is 6.61 Å². The van der Waals surface area contributed by atoms with Gasteiger partial charge < -0.3 is 4.74 Å². The van der Waals surface area contributed by atoms with E-state index < -0.39 is 5.92 Å². The van der Waals surface area contributed by atoms with E-state index in [2.05, 4.69) is 0 Å². The summed E-state index contributed by atoms with van der Waals surface area (Å²) in [7, 11) is 0. The second-order valence-corrected chi connectivity index (χ2v) is 4.61. The fourth-order valence-electron chi connectivity index (χ4n) is 1.58. The molecule has 0 aliphatic heterocycles. The zero-order valence-corrected chi connectivity index (χ0v) is 11.4. The van der Waals surface area contributed by atoms with Gasteiger partial charge in [0.15, 0.2) is 0 Å². The third-order valence-electron chi connectivity index (χ3n) is 2.48. The summed E-state index contributed by atoms with van der Waals surface area (Å²) in [6, 6.07) is 0. The monoisotopic (exact) mass is 262 g/mol. The quantitative estimate of drug-likeness (QED) is 0.329. The minimum absolute atomic E-state index is 0.227. The molecule has 0 aliphatic carbocycles. The normalized spacial score (nSPS) is 12.0. The van der Waals surface area contributed by atoms with Crippen molar-refractivity contribution in [2.75, 3.05) is 6.61 Å². The lowest BCUT2D eigenvalue weighted by Gasteiger charge is -2.03. The van der Waals surface area contributed by atoms with Gasteiger partial charge in [-0.25, -0.2) is 8.78 Å². The van der Waals surface area contributed by atoms with Crippen LogP contribution in [0.5, 0.6) is 0 Å². The number of rotatable bonds is 10. The van der Waals surface area contributed by atoms with Crippen molar-refractivity contribution in [3.63, 3.8) is 0 Å². The lowest BCUT2D eigenvalue weighted by atomic mass is 10.1. The second-order valence-electron chi connectivity index (χ2n) is 4.61. The third-order valence-corrected chi connectivity index (χ3v) is 2.48. The fraction of sp³-hybridized carbons (Fsp3) is 0.786. The van der Waals surface area contributed by atoms with Crippen molar-refractivity contribution in [3.8, 4) is 0 Å². The Bertz CT molecular complexity index is 245. The summed E-state index contributed by atoms with van der Waals surface area (Å²) in [6.07, 6.45) is 9.43. The van der Waals surface area contributed by atoms with Gasteiger partial charge in [-0.2, -0.15) is 0 Å². The Hall–Kier alpha value is -0.930. The van der Waals surface area contributed by atoms with Gasteiger partial charge in [-0.05, 0) is 25.3 Å². The number of ether oxygens (including phenoxy) is 1. The lowest BCUT2D eigenvalue weighted by Crippen LogP contribution is -2.02. The molecule has 0 aromatic rings. The van der Waals surface area contributed by atoms with Gasteiger partial charge in [0, 0.05) is 13.8 Å². The maximum Gasteiger partial charge on any atom is 0.302 e. The molecule has 0 spiro atoms. The van der Waals surface area contributed by atoms with Gasteiger partial charge in [0.1, 0.15) is 0 Å². The van der Waals surface area contributed by atoms with Crippen LogP contribution >= 0.6 is 0 Å². The summed E-state index contributed by atoms with van der Waals surface area (Å²) in [5.74, 6) is -2.91. The summed E-state index contributed by atoms with van der Waals surface area (Å²) in [4.78, 5) is 10.5.